The maximum atomic E-state index is 13.0. The van der Waals surface area contributed by atoms with Crippen molar-refractivity contribution in [1.82, 2.24) is 0 Å². The minimum absolute atomic E-state index is 0.0426. The van der Waals surface area contributed by atoms with E-state index in [1.165, 1.54) is 57.8 Å². The first kappa shape index (κ1) is 60.0. The Balaban J connectivity index is 1.82. The molecule has 0 spiro atoms. The number of hydrogen-bond acceptors (Lipinski definition) is 14. The number of carbonyl (C=O) groups is 2. The molecule has 2 fully saturated rings. The van der Waals surface area contributed by atoms with Crippen molar-refractivity contribution in [2.75, 3.05) is 13.2 Å². The molecule has 7 unspecified atom stereocenters. The number of aliphatic hydroxyl groups excluding tert-OH is 4. The van der Waals surface area contributed by atoms with Crippen LogP contribution in [-0.2, 0) is 46.5 Å². The van der Waals surface area contributed by atoms with E-state index in [1.54, 1.807) is 0 Å². The van der Waals surface area contributed by atoms with Gasteiger partial charge >= 0.3 is 27.6 Å². The van der Waals surface area contributed by atoms with E-state index in [9.17, 15) is 53.8 Å². The average Bonchev–Trinajstić information content (AvgIpc) is 4.03. The highest BCUT2D eigenvalue weighted by Crippen LogP contribution is 2.49. The summed E-state index contributed by atoms with van der Waals surface area (Å²) in [5.41, 5.74) is 0. The topological polar surface area (TPSA) is 269 Å². The van der Waals surface area contributed by atoms with Crippen molar-refractivity contribution >= 4 is 27.6 Å². The van der Waals surface area contributed by atoms with Crippen LogP contribution in [0.1, 0.15) is 168 Å². The van der Waals surface area contributed by atoms with Crippen LogP contribution >= 0.6 is 15.6 Å². The van der Waals surface area contributed by atoms with Crippen LogP contribution in [-0.4, -0.2) is 115 Å². The van der Waals surface area contributed by atoms with Gasteiger partial charge < -0.3 is 49.3 Å². The fraction of sp³-hybridized carbons (Fsp3) is 0.787. The number of ether oxygens (including phenoxy) is 3. The monoisotopic (exact) mass is 981 g/mol. The van der Waals surface area contributed by atoms with E-state index >= 15 is 0 Å². The Labute approximate surface area is 392 Å². The van der Waals surface area contributed by atoms with Crippen molar-refractivity contribution < 1.29 is 81.6 Å². The van der Waals surface area contributed by atoms with Crippen LogP contribution in [0, 0.1) is 0 Å². The van der Waals surface area contributed by atoms with Gasteiger partial charge in [0, 0.05) is 12.8 Å². The molecule has 1 saturated carbocycles. The number of allylic oxidation sites excluding steroid dienone is 6. The molecule has 17 nitrogen and oxygen atoms in total. The predicted octanol–water partition coefficient (Wildman–Crippen LogP) is 8.27. The van der Waals surface area contributed by atoms with Gasteiger partial charge in [0.05, 0.1) is 18.8 Å². The Morgan fingerprint density at radius 2 is 1.02 bits per heavy atom. The third kappa shape index (κ3) is 28.4. The minimum atomic E-state index is -5.37. The van der Waals surface area contributed by atoms with Crippen molar-refractivity contribution in [3.05, 3.63) is 48.6 Å². The second-order valence-electron chi connectivity index (χ2n) is 17.2. The lowest BCUT2D eigenvalue weighted by Gasteiger charge is -2.43. The molecule has 0 bridgehead atoms. The zero-order chi connectivity index (χ0) is 48.6. The lowest BCUT2D eigenvalue weighted by Crippen LogP contribution is -2.64. The van der Waals surface area contributed by atoms with Crippen molar-refractivity contribution in [1.29, 1.82) is 0 Å². The van der Waals surface area contributed by atoms with Crippen molar-refractivity contribution in [3.63, 3.8) is 0 Å². The Bertz CT molecular complexity index is 1530. The van der Waals surface area contributed by atoms with E-state index in [0.717, 1.165) is 64.2 Å². The van der Waals surface area contributed by atoms with Crippen LogP contribution < -0.4 is 0 Å². The summed E-state index contributed by atoms with van der Waals surface area (Å²) >= 11 is 0. The van der Waals surface area contributed by atoms with Crippen LogP contribution in [0.15, 0.2) is 48.6 Å². The average molecular weight is 981 g/mol. The molecule has 0 aromatic heterocycles. The number of epoxide rings is 1. The molecule has 19 heteroatoms. The lowest BCUT2D eigenvalue weighted by molar-refractivity contribution is -0.216. The number of phosphoric ester groups is 2. The van der Waals surface area contributed by atoms with Gasteiger partial charge in [0.25, 0.3) is 0 Å². The summed E-state index contributed by atoms with van der Waals surface area (Å²) in [6, 6.07) is 0. The van der Waals surface area contributed by atoms with E-state index < -0.39 is 83.5 Å². The van der Waals surface area contributed by atoms with Crippen molar-refractivity contribution in [2.45, 2.75) is 223 Å². The highest BCUT2D eigenvalue weighted by Gasteiger charge is 2.54. The zero-order valence-corrected chi connectivity index (χ0v) is 41.1. The normalized spacial score (nSPS) is 25.0. The van der Waals surface area contributed by atoms with Gasteiger partial charge in [0.2, 0.25) is 0 Å². The molecule has 0 radical (unpaired) electrons. The van der Waals surface area contributed by atoms with Crippen LogP contribution in [0.4, 0.5) is 0 Å². The van der Waals surface area contributed by atoms with E-state index in [1.807, 2.05) is 12.2 Å². The smallest absolute Gasteiger partial charge is 0.462 e. The third-order valence-electron chi connectivity index (χ3n) is 11.3. The molecule has 382 valence electrons. The Morgan fingerprint density at radius 1 is 0.545 bits per heavy atom. The Kier molecular flexibility index (Phi) is 31.9. The molecule has 0 aromatic rings. The molecular formula is C47H82O17P2. The number of esters is 2. The predicted molar refractivity (Wildman–Crippen MR) is 250 cm³/mol. The second-order valence-corrected chi connectivity index (χ2v) is 19.8. The molecule has 1 saturated heterocycles. The molecule has 1 aliphatic heterocycles. The van der Waals surface area contributed by atoms with Crippen molar-refractivity contribution in [2.24, 2.45) is 0 Å². The molecule has 7 N–H and O–H groups in total. The number of rotatable bonds is 39. The number of aliphatic hydroxyl groups is 4. The first-order valence-electron chi connectivity index (χ1n) is 24.3. The molecular weight excluding hydrogens is 898 g/mol. The van der Waals surface area contributed by atoms with Crippen LogP contribution in [0.25, 0.3) is 0 Å². The van der Waals surface area contributed by atoms with Gasteiger partial charge in [-0.05, 0) is 77.0 Å². The summed E-state index contributed by atoms with van der Waals surface area (Å²) in [5.74, 6) is -1.29. The summed E-state index contributed by atoms with van der Waals surface area (Å²) in [4.78, 5) is 54.3. The molecule has 10 atom stereocenters. The summed E-state index contributed by atoms with van der Waals surface area (Å²) in [6.07, 6.45) is 25.2. The van der Waals surface area contributed by atoms with Gasteiger partial charge in [-0.2, -0.15) is 0 Å². The van der Waals surface area contributed by atoms with Crippen LogP contribution in [0.3, 0.4) is 0 Å². The van der Waals surface area contributed by atoms with Gasteiger partial charge in [-0.1, -0.05) is 127 Å². The van der Waals surface area contributed by atoms with E-state index in [-0.39, 0.29) is 25.0 Å². The largest absolute Gasteiger partial charge is 0.472 e. The number of hydrogen-bond donors (Lipinski definition) is 7. The summed E-state index contributed by atoms with van der Waals surface area (Å²) in [5, 5.41) is 41.3. The lowest BCUT2D eigenvalue weighted by atomic mass is 9.85. The first-order valence-corrected chi connectivity index (χ1v) is 27.3. The van der Waals surface area contributed by atoms with Crippen molar-refractivity contribution in [3.8, 4) is 0 Å². The highest BCUT2D eigenvalue weighted by atomic mass is 31.2. The second kappa shape index (κ2) is 35.1. The van der Waals surface area contributed by atoms with Gasteiger partial charge in [-0.3, -0.25) is 23.2 Å². The zero-order valence-electron chi connectivity index (χ0n) is 39.3. The fourth-order valence-electron chi connectivity index (χ4n) is 7.35. The highest BCUT2D eigenvalue weighted by molar-refractivity contribution is 7.47. The maximum absolute atomic E-state index is 13.0. The van der Waals surface area contributed by atoms with E-state index in [2.05, 4.69) is 54.8 Å². The first-order chi connectivity index (χ1) is 31.6. The summed E-state index contributed by atoms with van der Waals surface area (Å²) in [6.45, 7) is 3.01. The van der Waals surface area contributed by atoms with E-state index in [4.69, 9.17) is 23.3 Å². The van der Waals surface area contributed by atoms with Gasteiger partial charge in [-0.25, -0.2) is 9.13 Å². The maximum Gasteiger partial charge on any atom is 0.472 e. The van der Waals surface area contributed by atoms with Gasteiger partial charge in [0.15, 0.2) is 6.10 Å². The molecule has 1 heterocycles. The van der Waals surface area contributed by atoms with Crippen LogP contribution in [0.5, 0.6) is 0 Å². The molecule has 1 aliphatic carbocycles. The molecule has 0 amide bonds. The standard InChI is InChI=1S/C47H82O17P2/c1-3-5-7-9-11-13-14-15-16-17-18-20-22-24-29-33-40(48)59-35-37(36-60-66(57,58)64-47-44(52)42(50)43(51)46(45(47)53)63-65(54,55)56)61-41(49)34-30-26-25-28-32-39-38(62-39)31-27-23-21-19-12-10-8-6-4-2/h12,15-16,19,23,25,27-28,37-39,42-47,50-53H,3-11,13-14,17-18,20-22,24,26,29-36H2,1-2H3,(H,57,58)(H2,54,55,56)/b16-15-,19-12-,27-23-,28-25-/t37-,38?,39?,42?,43?,44?,45?,46-,47+/m1/s1. The Morgan fingerprint density at radius 3 is 1.64 bits per heavy atom. The molecule has 66 heavy (non-hydrogen) atoms. The number of unbranched alkanes of at least 4 members (excludes halogenated alkanes) is 15. The number of phosphoric acid groups is 2. The SMILES string of the molecule is CCCCC/C=C\C/C=C\CC1OC1C/C=C\CCCC(=O)O[C@H](COC(=O)CCCCCCC/C=C\CCCCCCCC)COP(=O)(O)O[C@H]1C(O)C(O)C(O)[C@@H](OP(=O)(O)O)C1O. The minimum Gasteiger partial charge on any atom is -0.462 e. The number of carbonyl (C=O) groups excluding carboxylic acids is 2. The Hall–Kier alpha value is -2.08. The van der Waals surface area contributed by atoms with Crippen LogP contribution in [0.2, 0.25) is 0 Å². The third-order valence-corrected chi connectivity index (χ3v) is 12.8. The van der Waals surface area contributed by atoms with Gasteiger partial charge in [-0.15, -0.1) is 0 Å². The quantitative estimate of drug-likeness (QED) is 0.0100. The van der Waals surface area contributed by atoms with E-state index in [0.29, 0.717) is 19.3 Å². The summed E-state index contributed by atoms with van der Waals surface area (Å²) < 4.78 is 55.1. The summed E-state index contributed by atoms with van der Waals surface area (Å²) in [7, 11) is -10.7. The fourth-order valence-corrected chi connectivity index (χ4v) is 8.89. The molecule has 0 aromatic carbocycles. The van der Waals surface area contributed by atoms with Gasteiger partial charge in [0.1, 0.15) is 43.2 Å². The molecule has 2 rings (SSSR count). The molecule has 2 aliphatic rings.